The first-order valence-electron chi connectivity index (χ1n) is 7.46. The van der Waals surface area contributed by atoms with Crippen molar-refractivity contribution in [2.45, 2.75) is 33.7 Å². The lowest BCUT2D eigenvalue weighted by molar-refractivity contribution is 0.408. The molecule has 1 N–H and O–H groups in total. The van der Waals surface area contributed by atoms with Crippen molar-refractivity contribution in [1.29, 1.82) is 0 Å². The summed E-state index contributed by atoms with van der Waals surface area (Å²) in [5.74, 6) is 0.932. The molecule has 2 aromatic rings. The fourth-order valence-corrected chi connectivity index (χ4v) is 2.66. The molecule has 0 saturated carbocycles. The Morgan fingerprint density at radius 1 is 1.29 bits per heavy atom. The Morgan fingerprint density at radius 2 is 2.05 bits per heavy atom. The first kappa shape index (κ1) is 15.6. The smallest absolute Gasteiger partial charge is 0.123 e. The Bertz CT molecular complexity index is 617. The van der Waals surface area contributed by atoms with E-state index in [4.69, 9.17) is 4.74 Å². The highest BCUT2D eigenvalue weighted by molar-refractivity contribution is 5.70. The van der Waals surface area contributed by atoms with Gasteiger partial charge in [-0.05, 0) is 44.5 Å². The molecule has 0 fully saturated rings. The van der Waals surface area contributed by atoms with Gasteiger partial charge in [0.2, 0.25) is 0 Å². The minimum atomic E-state index is 0.823. The maximum atomic E-state index is 5.47. The van der Waals surface area contributed by atoms with Crippen LogP contribution >= 0.6 is 0 Å². The van der Waals surface area contributed by atoms with Gasteiger partial charge in [-0.3, -0.25) is 4.68 Å². The van der Waals surface area contributed by atoms with Crippen molar-refractivity contribution in [3.05, 3.63) is 35.2 Å². The van der Waals surface area contributed by atoms with E-state index in [0.29, 0.717) is 0 Å². The summed E-state index contributed by atoms with van der Waals surface area (Å²) in [7, 11) is 3.71. The highest BCUT2D eigenvalue weighted by atomic mass is 16.5. The molecule has 0 spiro atoms. The fourth-order valence-electron chi connectivity index (χ4n) is 2.66. The van der Waals surface area contributed by atoms with E-state index in [0.717, 1.165) is 31.0 Å². The van der Waals surface area contributed by atoms with E-state index < -0.39 is 0 Å². The lowest BCUT2D eigenvalue weighted by Gasteiger charge is -2.12. The molecule has 0 radical (unpaired) electrons. The molecular formula is C17H25N3O. The van der Waals surface area contributed by atoms with E-state index >= 15 is 0 Å². The van der Waals surface area contributed by atoms with Crippen molar-refractivity contribution < 1.29 is 4.74 Å². The molecule has 0 atom stereocenters. The standard InChI is InChI=1S/C17H25N3O/c1-6-9-18-11-15-10-14(7-8-16(15)21-5)17-12(2)19-20(4)13(17)3/h7-8,10,18H,6,9,11H2,1-5H3. The number of methoxy groups -OCH3 is 1. The van der Waals surface area contributed by atoms with Crippen LogP contribution in [0.25, 0.3) is 11.1 Å². The van der Waals surface area contributed by atoms with Crippen LogP contribution in [0, 0.1) is 13.8 Å². The molecule has 21 heavy (non-hydrogen) atoms. The first-order chi connectivity index (χ1) is 10.1. The maximum Gasteiger partial charge on any atom is 0.123 e. The van der Waals surface area contributed by atoms with Crippen molar-refractivity contribution in [1.82, 2.24) is 15.1 Å². The van der Waals surface area contributed by atoms with Crippen LogP contribution in [0.2, 0.25) is 0 Å². The molecule has 1 heterocycles. The summed E-state index contributed by atoms with van der Waals surface area (Å²) < 4.78 is 7.41. The topological polar surface area (TPSA) is 39.1 Å². The van der Waals surface area contributed by atoms with Crippen LogP contribution in [0.5, 0.6) is 5.75 Å². The first-order valence-corrected chi connectivity index (χ1v) is 7.46. The lowest BCUT2D eigenvalue weighted by atomic mass is 10.0. The molecule has 0 unspecified atom stereocenters. The summed E-state index contributed by atoms with van der Waals surface area (Å²) in [5.41, 5.74) is 5.85. The molecule has 4 heteroatoms. The maximum absolute atomic E-state index is 5.47. The van der Waals surface area contributed by atoms with Gasteiger partial charge in [0.25, 0.3) is 0 Å². The van der Waals surface area contributed by atoms with Crippen molar-refractivity contribution >= 4 is 0 Å². The van der Waals surface area contributed by atoms with E-state index in [1.54, 1.807) is 7.11 Å². The minimum Gasteiger partial charge on any atom is -0.496 e. The fraction of sp³-hybridized carbons (Fsp3) is 0.471. The van der Waals surface area contributed by atoms with Crippen molar-refractivity contribution in [3.63, 3.8) is 0 Å². The zero-order valence-corrected chi connectivity index (χ0v) is 13.7. The second-order valence-corrected chi connectivity index (χ2v) is 5.37. The van der Waals surface area contributed by atoms with Crippen LogP contribution in [0.3, 0.4) is 0 Å². The average molecular weight is 287 g/mol. The van der Waals surface area contributed by atoms with Crippen LogP contribution < -0.4 is 10.1 Å². The van der Waals surface area contributed by atoms with E-state index in [2.05, 4.69) is 43.3 Å². The van der Waals surface area contributed by atoms with Gasteiger partial charge in [-0.15, -0.1) is 0 Å². The van der Waals surface area contributed by atoms with Gasteiger partial charge in [0, 0.05) is 30.4 Å². The summed E-state index contributed by atoms with van der Waals surface area (Å²) in [6.45, 7) is 8.17. The Kier molecular flexibility index (Phi) is 5.02. The molecule has 114 valence electrons. The quantitative estimate of drug-likeness (QED) is 0.829. The normalized spacial score (nSPS) is 10.9. The molecule has 1 aromatic carbocycles. The number of aromatic nitrogens is 2. The van der Waals surface area contributed by atoms with Crippen LogP contribution in [-0.2, 0) is 13.6 Å². The number of nitrogens with zero attached hydrogens (tertiary/aromatic N) is 2. The van der Waals surface area contributed by atoms with E-state index in [1.807, 2.05) is 17.8 Å². The number of rotatable bonds is 6. The van der Waals surface area contributed by atoms with Gasteiger partial charge in [-0.2, -0.15) is 5.10 Å². The molecule has 0 aliphatic carbocycles. The van der Waals surface area contributed by atoms with Crippen molar-refractivity contribution in [2.24, 2.45) is 7.05 Å². The zero-order valence-electron chi connectivity index (χ0n) is 13.7. The molecule has 0 saturated heterocycles. The zero-order chi connectivity index (χ0) is 15.4. The summed E-state index contributed by atoms with van der Waals surface area (Å²) in [6.07, 6.45) is 1.13. The van der Waals surface area contributed by atoms with Crippen LogP contribution in [0.1, 0.15) is 30.3 Å². The summed E-state index contributed by atoms with van der Waals surface area (Å²) in [4.78, 5) is 0. The largest absolute Gasteiger partial charge is 0.496 e. The monoisotopic (exact) mass is 287 g/mol. The average Bonchev–Trinajstić information content (AvgIpc) is 2.72. The van der Waals surface area contributed by atoms with Crippen molar-refractivity contribution in [2.75, 3.05) is 13.7 Å². The van der Waals surface area contributed by atoms with Crippen LogP contribution in [0.15, 0.2) is 18.2 Å². The predicted octanol–water partition coefficient (Wildman–Crippen LogP) is 3.21. The number of benzene rings is 1. The molecule has 2 rings (SSSR count). The molecule has 0 aliphatic rings. The Balaban J connectivity index is 2.39. The summed E-state index contributed by atoms with van der Waals surface area (Å²) >= 11 is 0. The molecule has 1 aromatic heterocycles. The second kappa shape index (κ2) is 6.76. The Labute approximate surface area is 127 Å². The Morgan fingerprint density at radius 3 is 2.62 bits per heavy atom. The third-order valence-corrected chi connectivity index (χ3v) is 3.82. The number of hydrogen-bond donors (Lipinski definition) is 1. The molecule has 4 nitrogen and oxygen atoms in total. The van der Waals surface area contributed by atoms with Gasteiger partial charge in [-0.25, -0.2) is 0 Å². The van der Waals surface area contributed by atoms with Gasteiger partial charge in [0.05, 0.1) is 12.8 Å². The highest BCUT2D eigenvalue weighted by Gasteiger charge is 2.13. The highest BCUT2D eigenvalue weighted by Crippen LogP contribution is 2.30. The second-order valence-electron chi connectivity index (χ2n) is 5.37. The van der Waals surface area contributed by atoms with Gasteiger partial charge >= 0.3 is 0 Å². The summed E-state index contributed by atoms with van der Waals surface area (Å²) in [5, 5.41) is 7.94. The SMILES string of the molecule is CCCNCc1cc(-c2c(C)nn(C)c2C)ccc1OC. The molecular weight excluding hydrogens is 262 g/mol. The molecule has 0 bridgehead atoms. The third kappa shape index (κ3) is 3.27. The van der Waals surface area contributed by atoms with Gasteiger partial charge in [0.1, 0.15) is 5.75 Å². The number of hydrogen-bond acceptors (Lipinski definition) is 3. The van der Waals surface area contributed by atoms with E-state index in [9.17, 15) is 0 Å². The Hall–Kier alpha value is -1.81. The number of ether oxygens (including phenoxy) is 1. The van der Waals surface area contributed by atoms with E-state index in [1.165, 1.54) is 22.4 Å². The number of aryl methyl sites for hydroxylation is 2. The van der Waals surface area contributed by atoms with Crippen molar-refractivity contribution in [3.8, 4) is 16.9 Å². The lowest BCUT2D eigenvalue weighted by Crippen LogP contribution is -2.14. The van der Waals surface area contributed by atoms with E-state index in [-0.39, 0.29) is 0 Å². The third-order valence-electron chi connectivity index (χ3n) is 3.82. The van der Waals surface area contributed by atoms with Gasteiger partial charge in [-0.1, -0.05) is 13.0 Å². The van der Waals surface area contributed by atoms with Crippen LogP contribution in [-0.4, -0.2) is 23.4 Å². The number of nitrogens with one attached hydrogen (secondary N) is 1. The minimum absolute atomic E-state index is 0.823. The molecule has 0 amide bonds. The predicted molar refractivity (Wildman–Crippen MR) is 86.7 cm³/mol. The molecule has 0 aliphatic heterocycles. The van der Waals surface area contributed by atoms with Gasteiger partial charge in [0.15, 0.2) is 0 Å². The van der Waals surface area contributed by atoms with Gasteiger partial charge < -0.3 is 10.1 Å². The summed E-state index contributed by atoms with van der Waals surface area (Å²) in [6, 6.07) is 6.36. The van der Waals surface area contributed by atoms with Crippen LogP contribution in [0.4, 0.5) is 0 Å².